The summed E-state index contributed by atoms with van der Waals surface area (Å²) in [5, 5.41) is 4.71. The molecule has 2 atom stereocenters. The van der Waals surface area contributed by atoms with Crippen LogP contribution in [0.5, 0.6) is 0 Å². The fraction of sp³-hybridized carbons (Fsp3) is 0.562. The molecule has 4 heteroatoms. The molecule has 1 heterocycles. The van der Waals surface area contributed by atoms with Crippen LogP contribution in [0.25, 0.3) is 0 Å². The molecule has 1 aliphatic heterocycles. The van der Waals surface area contributed by atoms with Crippen molar-refractivity contribution in [2.45, 2.75) is 25.9 Å². The van der Waals surface area contributed by atoms with E-state index in [4.69, 9.17) is 4.99 Å². The molecular weight excluding hydrogens is 266 g/mol. The number of amidine groups is 1. The van der Waals surface area contributed by atoms with Gasteiger partial charge in [-0.25, -0.2) is 0 Å². The number of thioether (sulfide) groups is 1. The lowest BCUT2D eigenvalue weighted by atomic mass is 10.0. The summed E-state index contributed by atoms with van der Waals surface area (Å²) in [6.07, 6.45) is 0. The smallest absolute Gasteiger partial charge is 0.157 e. The Morgan fingerprint density at radius 1 is 1.30 bits per heavy atom. The first-order valence-corrected chi connectivity index (χ1v) is 8.21. The summed E-state index contributed by atoms with van der Waals surface area (Å²) in [6, 6.07) is 11.3. The zero-order chi connectivity index (χ0) is 14.5. The molecule has 20 heavy (non-hydrogen) atoms. The highest BCUT2D eigenvalue weighted by atomic mass is 32.2. The molecule has 1 aliphatic rings. The zero-order valence-corrected chi connectivity index (χ0v) is 13.7. The molecule has 0 fully saturated rings. The highest BCUT2D eigenvalue weighted by Crippen LogP contribution is 2.29. The van der Waals surface area contributed by atoms with Crippen LogP contribution in [0.1, 0.15) is 25.5 Å². The fourth-order valence-electron chi connectivity index (χ4n) is 2.27. The van der Waals surface area contributed by atoms with Crippen molar-refractivity contribution < 1.29 is 0 Å². The molecular formula is C16H25N3S. The van der Waals surface area contributed by atoms with Gasteiger partial charge in [-0.2, -0.15) is 0 Å². The molecule has 3 nitrogen and oxygen atoms in total. The number of nitrogens with zero attached hydrogens (tertiary/aromatic N) is 2. The summed E-state index contributed by atoms with van der Waals surface area (Å²) in [7, 11) is 4.24. The molecule has 1 N–H and O–H groups in total. The highest BCUT2D eigenvalue weighted by Gasteiger charge is 2.23. The lowest BCUT2D eigenvalue weighted by Crippen LogP contribution is -2.43. The number of nitrogens with one attached hydrogen (secondary N) is 1. The first-order chi connectivity index (χ1) is 9.56. The van der Waals surface area contributed by atoms with Gasteiger partial charge in [-0.05, 0) is 25.6 Å². The molecule has 2 unspecified atom stereocenters. The number of benzene rings is 1. The van der Waals surface area contributed by atoms with Crippen molar-refractivity contribution in [3.63, 3.8) is 0 Å². The second kappa shape index (κ2) is 7.14. The molecule has 0 spiro atoms. The maximum absolute atomic E-state index is 4.84. The molecule has 0 amide bonds. The van der Waals surface area contributed by atoms with Crippen molar-refractivity contribution >= 4 is 16.9 Å². The van der Waals surface area contributed by atoms with Crippen molar-refractivity contribution in [2.75, 3.05) is 26.4 Å². The molecule has 0 aliphatic carbocycles. The van der Waals surface area contributed by atoms with Gasteiger partial charge in [-0.1, -0.05) is 55.9 Å². The summed E-state index contributed by atoms with van der Waals surface area (Å²) in [5.41, 5.74) is 1.31. The summed E-state index contributed by atoms with van der Waals surface area (Å²) in [4.78, 5) is 7.07. The number of hydrogen-bond acceptors (Lipinski definition) is 4. The third-order valence-corrected chi connectivity index (χ3v) is 4.49. The van der Waals surface area contributed by atoms with E-state index in [0.717, 1.165) is 17.5 Å². The third-order valence-electron chi connectivity index (χ3n) is 3.51. The number of aliphatic imine (C=N–C) groups is 1. The SMILES string of the molecule is CC(C)C(CN(C)C)NC1=NC(c2ccccc2)CS1. The van der Waals surface area contributed by atoms with Crippen LogP contribution >= 0.6 is 11.8 Å². The van der Waals surface area contributed by atoms with E-state index in [-0.39, 0.29) is 0 Å². The zero-order valence-electron chi connectivity index (χ0n) is 12.8. The number of hydrogen-bond donors (Lipinski definition) is 1. The maximum atomic E-state index is 4.84. The van der Waals surface area contributed by atoms with Crippen molar-refractivity contribution in [3.8, 4) is 0 Å². The van der Waals surface area contributed by atoms with Gasteiger partial charge < -0.3 is 10.2 Å². The van der Waals surface area contributed by atoms with Gasteiger partial charge in [0.25, 0.3) is 0 Å². The molecule has 0 saturated heterocycles. The largest absolute Gasteiger partial charge is 0.361 e. The molecule has 0 bridgehead atoms. The van der Waals surface area contributed by atoms with Crippen molar-refractivity contribution in [3.05, 3.63) is 35.9 Å². The standard InChI is InChI=1S/C16H25N3S/c1-12(2)14(10-19(3)4)17-16-18-15(11-20-16)13-8-6-5-7-9-13/h5-9,12,14-15H,10-11H2,1-4H3,(H,17,18). The maximum Gasteiger partial charge on any atom is 0.157 e. The van der Waals surface area contributed by atoms with E-state index in [1.165, 1.54) is 5.56 Å². The minimum Gasteiger partial charge on any atom is -0.361 e. The quantitative estimate of drug-likeness (QED) is 0.904. The Morgan fingerprint density at radius 3 is 2.60 bits per heavy atom. The third kappa shape index (κ3) is 4.25. The predicted octanol–water partition coefficient (Wildman–Crippen LogP) is 3.01. The average Bonchev–Trinajstić information content (AvgIpc) is 2.87. The minimum atomic E-state index is 0.302. The van der Waals surface area contributed by atoms with Crippen LogP contribution in [0.15, 0.2) is 35.3 Å². The first kappa shape index (κ1) is 15.4. The Balaban J connectivity index is 1.99. The van der Waals surface area contributed by atoms with Gasteiger partial charge in [-0.3, -0.25) is 4.99 Å². The number of rotatable bonds is 5. The van der Waals surface area contributed by atoms with Gasteiger partial charge in [0.05, 0.1) is 6.04 Å². The summed E-state index contributed by atoms with van der Waals surface area (Å²) >= 11 is 1.84. The molecule has 1 aromatic rings. The lowest BCUT2D eigenvalue weighted by Gasteiger charge is -2.26. The van der Waals surface area contributed by atoms with Crippen molar-refractivity contribution in [2.24, 2.45) is 10.9 Å². The molecule has 0 aromatic heterocycles. The van der Waals surface area contributed by atoms with Gasteiger partial charge >= 0.3 is 0 Å². The Kier molecular flexibility index (Phi) is 5.49. The van der Waals surface area contributed by atoms with Crippen LogP contribution < -0.4 is 5.32 Å². The van der Waals surface area contributed by atoms with Gasteiger partial charge in [0, 0.05) is 18.3 Å². The molecule has 0 radical (unpaired) electrons. The van der Waals surface area contributed by atoms with E-state index in [9.17, 15) is 0 Å². The van der Waals surface area contributed by atoms with Gasteiger partial charge in [-0.15, -0.1) is 0 Å². The van der Waals surface area contributed by atoms with E-state index >= 15 is 0 Å². The normalized spacial score (nSPS) is 20.3. The van der Waals surface area contributed by atoms with Crippen molar-refractivity contribution in [1.29, 1.82) is 0 Å². The van der Waals surface area contributed by atoms with E-state index in [1.54, 1.807) is 0 Å². The number of likely N-dealkylation sites (N-methyl/N-ethyl adjacent to an activating group) is 1. The average molecular weight is 291 g/mol. The Morgan fingerprint density at radius 2 is 2.00 bits per heavy atom. The minimum absolute atomic E-state index is 0.302. The van der Waals surface area contributed by atoms with E-state index < -0.39 is 0 Å². The second-order valence-corrected chi connectivity index (χ2v) is 6.94. The Labute approximate surface area is 126 Å². The van der Waals surface area contributed by atoms with Gasteiger partial charge in [0.1, 0.15) is 0 Å². The van der Waals surface area contributed by atoms with Crippen LogP contribution in [0.3, 0.4) is 0 Å². The first-order valence-electron chi connectivity index (χ1n) is 7.23. The molecule has 110 valence electrons. The summed E-state index contributed by atoms with van der Waals surface area (Å²) in [5.74, 6) is 1.63. The van der Waals surface area contributed by atoms with E-state index in [2.05, 4.69) is 68.5 Å². The fourth-order valence-corrected chi connectivity index (χ4v) is 3.29. The van der Waals surface area contributed by atoms with E-state index in [0.29, 0.717) is 18.0 Å². The molecule has 0 saturated carbocycles. The Hall–Kier alpha value is -1.00. The van der Waals surface area contributed by atoms with Crippen LogP contribution in [-0.4, -0.2) is 42.5 Å². The van der Waals surface area contributed by atoms with E-state index in [1.807, 2.05) is 11.8 Å². The lowest BCUT2D eigenvalue weighted by molar-refractivity contribution is 0.314. The molecule has 2 rings (SSSR count). The highest BCUT2D eigenvalue weighted by molar-refractivity contribution is 8.14. The van der Waals surface area contributed by atoms with Crippen LogP contribution in [0, 0.1) is 5.92 Å². The van der Waals surface area contributed by atoms with Crippen molar-refractivity contribution in [1.82, 2.24) is 10.2 Å². The predicted molar refractivity (Wildman–Crippen MR) is 89.4 cm³/mol. The summed E-state index contributed by atoms with van der Waals surface area (Å²) < 4.78 is 0. The van der Waals surface area contributed by atoms with Crippen LogP contribution in [0.4, 0.5) is 0 Å². The Bertz CT molecular complexity index is 442. The van der Waals surface area contributed by atoms with Crippen LogP contribution in [0.2, 0.25) is 0 Å². The topological polar surface area (TPSA) is 27.6 Å². The summed E-state index contributed by atoms with van der Waals surface area (Å²) in [6.45, 7) is 5.55. The van der Waals surface area contributed by atoms with Crippen LogP contribution in [-0.2, 0) is 0 Å². The second-order valence-electron chi connectivity index (χ2n) is 5.93. The van der Waals surface area contributed by atoms with Gasteiger partial charge in [0.15, 0.2) is 5.17 Å². The van der Waals surface area contributed by atoms with Gasteiger partial charge in [0.2, 0.25) is 0 Å². The molecule has 1 aromatic carbocycles. The monoisotopic (exact) mass is 291 g/mol.